The predicted molar refractivity (Wildman–Crippen MR) is 126 cm³/mol. The minimum Gasteiger partial charge on any atom is -0.334 e. The second-order valence-corrected chi connectivity index (χ2v) is 8.91. The van der Waals surface area contributed by atoms with Crippen LogP contribution in [-0.4, -0.2) is 53.2 Å². The molecule has 0 saturated carbocycles. The second-order valence-electron chi connectivity index (χ2n) is 7.52. The molecule has 2 fully saturated rings. The summed E-state index contributed by atoms with van der Waals surface area (Å²) in [6.07, 6.45) is 5.34. The number of nitrogens with one attached hydrogen (secondary N) is 1. The fourth-order valence-corrected chi connectivity index (χ4v) is 4.63. The van der Waals surface area contributed by atoms with Crippen LogP contribution >= 0.6 is 22.9 Å². The lowest BCUT2D eigenvalue weighted by Crippen LogP contribution is -2.59. The van der Waals surface area contributed by atoms with E-state index in [2.05, 4.69) is 11.9 Å². The van der Waals surface area contributed by atoms with Gasteiger partial charge in [-0.05, 0) is 40.8 Å². The Morgan fingerprint density at radius 3 is 2.66 bits per heavy atom. The molecule has 1 unspecified atom stereocenters. The summed E-state index contributed by atoms with van der Waals surface area (Å²) in [7, 11) is 0. The fraction of sp³-hybridized carbons (Fsp3) is 0.208. The van der Waals surface area contributed by atoms with Crippen LogP contribution in [0.2, 0.25) is 5.02 Å². The maximum atomic E-state index is 12.9. The maximum Gasteiger partial charge on any atom is 0.264 e. The molecule has 1 aromatic heterocycles. The predicted octanol–water partition coefficient (Wildman–Crippen LogP) is 3.73. The number of allylic oxidation sites excluding steroid dienone is 4. The molecule has 2 aliphatic rings. The van der Waals surface area contributed by atoms with Gasteiger partial charge in [0, 0.05) is 23.8 Å². The number of rotatable bonds is 4. The average molecular weight is 468 g/mol. The first-order valence-electron chi connectivity index (χ1n) is 10.2. The van der Waals surface area contributed by atoms with Crippen LogP contribution in [0, 0.1) is 0 Å². The Morgan fingerprint density at radius 1 is 1.19 bits per heavy atom. The van der Waals surface area contributed by atoms with Gasteiger partial charge in [0.25, 0.3) is 5.91 Å². The molecular weight excluding hydrogens is 446 g/mol. The zero-order valence-electron chi connectivity index (χ0n) is 17.3. The minimum absolute atomic E-state index is 0.0860. The van der Waals surface area contributed by atoms with Crippen molar-refractivity contribution in [3.63, 3.8) is 0 Å². The average Bonchev–Trinajstić information content (AvgIpc) is 3.30. The zero-order valence-corrected chi connectivity index (χ0v) is 18.9. The van der Waals surface area contributed by atoms with Crippen molar-refractivity contribution in [1.82, 2.24) is 15.1 Å². The number of hydrogen-bond donors (Lipinski definition) is 1. The molecule has 2 aromatic rings. The zero-order chi connectivity index (χ0) is 22.7. The number of piperazine rings is 1. The van der Waals surface area contributed by atoms with Gasteiger partial charge in [0.15, 0.2) is 0 Å². The number of amides is 3. The largest absolute Gasteiger partial charge is 0.334 e. The van der Waals surface area contributed by atoms with Crippen LogP contribution in [0.15, 0.2) is 72.3 Å². The van der Waals surface area contributed by atoms with E-state index in [9.17, 15) is 14.4 Å². The van der Waals surface area contributed by atoms with Crippen molar-refractivity contribution >= 4 is 46.2 Å². The van der Waals surface area contributed by atoms with Gasteiger partial charge in [0.05, 0.1) is 17.8 Å². The van der Waals surface area contributed by atoms with E-state index in [1.807, 2.05) is 29.7 Å². The molecule has 1 N–H and O–H groups in total. The van der Waals surface area contributed by atoms with Gasteiger partial charge in [-0.2, -0.15) is 0 Å². The number of benzene rings is 1. The van der Waals surface area contributed by atoms with Crippen molar-refractivity contribution in [3.8, 4) is 0 Å². The molecule has 1 aromatic carbocycles. The summed E-state index contributed by atoms with van der Waals surface area (Å²) in [5.41, 5.74) is 2.28. The number of hydrogen-bond acceptors (Lipinski definition) is 4. The van der Waals surface area contributed by atoms with E-state index in [1.54, 1.807) is 40.2 Å². The number of carbonyl (C=O) groups excluding carboxylic acids is 3. The molecule has 164 valence electrons. The summed E-state index contributed by atoms with van der Waals surface area (Å²) in [6.45, 7) is 4.77. The highest BCUT2D eigenvalue weighted by molar-refractivity contribution is 7.12. The van der Waals surface area contributed by atoms with Gasteiger partial charge in [-0.3, -0.25) is 14.4 Å². The van der Waals surface area contributed by atoms with E-state index in [0.717, 1.165) is 11.1 Å². The van der Waals surface area contributed by atoms with E-state index in [-0.39, 0.29) is 30.7 Å². The quantitative estimate of drug-likeness (QED) is 0.696. The van der Waals surface area contributed by atoms with Crippen LogP contribution < -0.4 is 5.32 Å². The fourth-order valence-electron chi connectivity index (χ4n) is 3.81. The third kappa shape index (κ3) is 4.69. The van der Waals surface area contributed by atoms with Crippen LogP contribution in [0.1, 0.15) is 21.7 Å². The first-order valence-corrected chi connectivity index (χ1v) is 11.4. The van der Waals surface area contributed by atoms with Crippen molar-refractivity contribution < 1.29 is 14.4 Å². The van der Waals surface area contributed by atoms with Crippen LogP contribution in [-0.2, 0) is 9.59 Å². The molecule has 1 atom stereocenters. The number of halogens is 1. The van der Waals surface area contributed by atoms with Crippen LogP contribution in [0.3, 0.4) is 0 Å². The third-order valence-electron chi connectivity index (χ3n) is 5.51. The van der Waals surface area contributed by atoms with Crippen molar-refractivity contribution in [3.05, 3.63) is 87.7 Å². The summed E-state index contributed by atoms with van der Waals surface area (Å²) in [5.74, 6) is -0.532. The highest BCUT2D eigenvalue weighted by Gasteiger charge is 2.39. The van der Waals surface area contributed by atoms with Crippen molar-refractivity contribution in [2.24, 2.45) is 0 Å². The monoisotopic (exact) mass is 467 g/mol. The second kappa shape index (κ2) is 9.54. The molecule has 0 spiro atoms. The van der Waals surface area contributed by atoms with Crippen LogP contribution in [0.5, 0.6) is 0 Å². The van der Waals surface area contributed by atoms with Crippen LogP contribution in [0.4, 0.5) is 0 Å². The molecule has 32 heavy (non-hydrogen) atoms. The molecule has 0 aliphatic carbocycles. The van der Waals surface area contributed by atoms with Crippen LogP contribution in [0.25, 0.3) is 5.57 Å². The van der Waals surface area contributed by atoms with Gasteiger partial charge in [-0.15, -0.1) is 11.3 Å². The van der Waals surface area contributed by atoms with Gasteiger partial charge in [-0.1, -0.05) is 48.5 Å². The molecule has 0 radical (unpaired) electrons. The van der Waals surface area contributed by atoms with Gasteiger partial charge >= 0.3 is 0 Å². The third-order valence-corrected chi connectivity index (χ3v) is 6.62. The Labute approximate surface area is 195 Å². The van der Waals surface area contributed by atoms with Gasteiger partial charge in [-0.25, -0.2) is 0 Å². The topological polar surface area (TPSA) is 69.7 Å². The smallest absolute Gasteiger partial charge is 0.264 e. The Morgan fingerprint density at radius 2 is 1.97 bits per heavy atom. The first kappa shape index (κ1) is 22.0. The highest BCUT2D eigenvalue weighted by atomic mass is 35.5. The Kier molecular flexibility index (Phi) is 6.58. The van der Waals surface area contributed by atoms with Crippen molar-refractivity contribution in [2.45, 2.75) is 12.5 Å². The number of thiophene rings is 1. The molecule has 2 saturated heterocycles. The maximum absolute atomic E-state index is 12.9. The number of nitrogens with zero attached hydrogens (tertiary/aromatic N) is 2. The van der Waals surface area contributed by atoms with Gasteiger partial charge in [0.1, 0.15) is 6.04 Å². The van der Waals surface area contributed by atoms with E-state index < -0.39 is 6.04 Å². The van der Waals surface area contributed by atoms with E-state index in [0.29, 0.717) is 28.7 Å². The lowest BCUT2D eigenvalue weighted by atomic mass is 10.1. The SMILES string of the molecule is C=CC(=CC=C1CC(=O)N2CCN(C(=O)c3cccs3)CC2C(=O)N1)c1ccc(Cl)cc1. The summed E-state index contributed by atoms with van der Waals surface area (Å²) in [5, 5.41) is 5.35. The lowest BCUT2D eigenvalue weighted by Gasteiger charge is -2.39. The molecule has 3 heterocycles. The minimum atomic E-state index is -0.704. The number of carbonyl (C=O) groups is 3. The molecule has 8 heteroatoms. The highest BCUT2D eigenvalue weighted by Crippen LogP contribution is 2.22. The summed E-state index contributed by atoms with van der Waals surface area (Å²) < 4.78 is 0. The van der Waals surface area contributed by atoms with E-state index >= 15 is 0 Å². The molecule has 6 nitrogen and oxygen atoms in total. The lowest BCUT2D eigenvalue weighted by molar-refractivity contribution is -0.140. The summed E-state index contributed by atoms with van der Waals surface area (Å²) in [6, 6.07) is 10.2. The van der Waals surface area contributed by atoms with Crippen molar-refractivity contribution in [1.29, 1.82) is 0 Å². The molecule has 3 amide bonds. The Balaban J connectivity index is 1.52. The standard InChI is InChI=1S/C24H22ClN3O3S/c1-2-16(17-5-8-18(25)9-6-17)7-10-19-14-22(29)28-12-11-27(15-20(28)23(30)26-19)24(31)21-4-3-13-32-21/h2-10,13,20H,1,11-12,14-15H2,(H,26,30). The van der Waals surface area contributed by atoms with E-state index in [1.165, 1.54) is 11.3 Å². The summed E-state index contributed by atoms with van der Waals surface area (Å²) in [4.78, 5) is 42.4. The van der Waals surface area contributed by atoms with Gasteiger partial charge in [0.2, 0.25) is 11.8 Å². The Hall–Kier alpha value is -3.16. The molecule has 2 aliphatic heterocycles. The summed E-state index contributed by atoms with van der Waals surface area (Å²) >= 11 is 7.32. The molecular formula is C24H22ClN3O3S. The normalized spacial score (nSPS) is 20.6. The molecule has 4 rings (SSSR count). The molecule has 0 bridgehead atoms. The van der Waals surface area contributed by atoms with Gasteiger partial charge < -0.3 is 15.1 Å². The first-order chi connectivity index (χ1) is 15.5. The Bertz CT molecular complexity index is 1110. The number of fused-ring (bicyclic) bond motifs is 1. The van der Waals surface area contributed by atoms with E-state index in [4.69, 9.17) is 11.6 Å². The van der Waals surface area contributed by atoms with Crippen molar-refractivity contribution in [2.75, 3.05) is 19.6 Å².